The number of carboxylic acid groups (broad SMARTS) is 2. The van der Waals surface area contributed by atoms with Gasteiger partial charge in [-0.15, -0.1) is 0 Å². The minimum Gasteiger partial charge on any atom is -0.475 e. The quantitative estimate of drug-likeness (QED) is 0.302. The Morgan fingerprint density at radius 3 is 1.66 bits per heavy atom. The maximum atomic E-state index is 13.0. The average Bonchev–Trinajstić information content (AvgIpc) is 2.82. The van der Waals surface area contributed by atoms with E-state index in [0.29, 0.717) is 30.5 Å². The Kier molecular flexibility index (Phi) is 14.5. The number of hydrogen-bond acceptors (Lipinski definition) is 5. The van der Waals surface area contributed by atoms with Crippen molar-refractivity contribution in [3.05, 3.63) is 52.3 Å². The molecule has 41 heavy (non-hydrogen) atoms. The van der Waals surface area contributed by atoms with Crippen LogP contribution in [0.3, 0.4) is 0 Å². The third-order valence-electron chi connectivity index (χ3n) is 5.09. The molecule has 0 aliphatic carbocycles. The van der Waals surface area contributed by atoms with Gasteiger partial charge in [-0.05, 0) is 43.2 Å². The van der Waals surface area contributed by atoms with E-state index in [1.165, 1.54) is 5.56 Å². The Hall–Kier alpha value is -3.68. The SMILES string of the molecule is Cc1ccc(-c2c(CN)c(CC(C)C)nc(C)c2C(=O)NCC(C)C)cc1.O=C(O)C(F)(F)F.O=C(O)C(F)(F)F. The zero-order chi connectivity index (χ0) is 32.3. The number of nitrogens with two attached hydrogens (primary N) is 1. The molecule has 1 aromatic heterocycles. The largest absolute Gasteiger partial charge is 0.490 e. The first-order valence-corrected chi connectivity index (χ1v) is 12.3. The Balaban J connectivity index is 0.000000941. The monoisotopic (exact) mass is 595 g/mol. The van der Waals surface area contributed by atoms with Crippen LogP contribution in [0.25, 0.3) is 11.1 Å². The van der Waals surface area contributed by atoms with Crippen molar-refractivity contribution in [3.63, 3.8) is 0 Å². The number of benzene rings is 1. The van der Waals surface area contributed by atoms with E-state index in [1.807, 2.05) is 6.92 Å². The summed E-state index contributed by atoms with van der Waals surface area (Å²) in [7, 11) is 0. The predicted molar refractivity (Wildman–Crippen MR) is 140 cm³/mol. The van der Waals surface area contributed by atoms with Gasteiger partial charge in [0.15, 0.2) is 0 Å². The first-order valence-electron chi connectivity index (χ1n) is 12.3. The molecule has 1 heterocycles. The van der Waals surface area contributed by atoms with Crippen molar-refractivity contribution in [1.82, 2.24) is 10.3 Å². The van der Waals surface area contributed by atoms with Gasteiger partial charge in [-0.25, -0.2) is 9.59 Å². The van der Waals surface area contributed by atoms with Crippen LogP contribution in [0, 0.1) is 25.7 Å². The standard InChI is InChI=1S/C23H33N3O.2C2HF3O2/c1-14(2)11-20-19(12-24)22(18-9-7-16(5)8-10-18)21(17(6)26-20)23(27)25-13-15(3)4;2*3-2(4,5)1(6)7/h7-10,14-15H,11-13,24H2,1-6H3,(H,25,27);2*(H,6,7). The van der Waals surface area contributed by atoms with Crippen LogP contribution in [-0.4, -0.2) is 51.9 Å². The van der Waals surface area contributed by atoms with Gasteiger partial charge in [-0.1, -0.05) is 57.5 Å². The maximum absolute atomic E-state index is 13.0. The molecule has 0 spiro atoms. The van der Waals surface area contributed by atoms with Gasteiger partial charge in [0.2, 0.25) is 0 Å². The van der Waals surface area contributed by atoms with Crippen molar-refractivity contribution in [2.24, 2.45) is 17.6 Å². The molecule has 0 saturated carbocycles. The van der Waals surface area contributed by atoms with Crippen LogP contribution >= 0.6 is 0 Å². The van der Waals surface area contributed by atoms with Crippen molar-refractivity contribution >= 4 is 17.8 Å². The molecule has 0 unspecified atom stereocenters. The van der Waals surface area contributed by atoms with Gasteiger partial charge in [-0.2, -0.15) is 26.3 Å². The molecule has 5 N–H and O–H groups in total. The fourth-order valence-corrected chi connectivity index (χ4v) is 3.28. The molecule has 0 bridgehead atoms. The number of aryl methyl sites for hydroxylation is 2. The molecule has 0 aliphatic heterocycles. The lowest BCUT2D eigenvalue weighted by Crippen LogP contribution is -2.29. The van der Waals surface area contributed by atoms with Crippen molar-refractivity contribution in [3.8, 4) is 11.1 Å². The number of hydrogen-bond donors (Lipinski definition) is 4. The smallest absolute Gasteiger partial charge is 0.475 e. The topological polar surface area (TPSA) is 143 Å². The Morgan fingerprint density at radius 2 is 1.32 bits per heavy atom. The Labute approximate surface area is 234 Å². The second-order valence-corrected chi connectivity index (χ2v) is 9.75. The molecule has 0 saturated heterocycles. The van der Waals surface area contributed by atoms with E-state index in [1.54, 1.807) is 0 Å². The lowest BCUT2D eigenvalue weighted by Gasteiger charge is -2.21. The van der Waals surface area contributed by atoms with Gasteiger partial charge in [0.05, 0.1) is 11.3 Å². The van der Waals surface area contributed by atoms with Crippen molar-refractivity contribution in [2.45, 2.75) is 66.9 Å². The second-order valence-electron chi connectivity index (χ2n) is 9.75. The van der Waals surface area contributed by atoms with Gasteiger partial charge in [0, 0.05) is 24.3 Å². The highest BCUT2D eigenvalue weighted by Gasteiger charge is 2.38. The number of alkyl halides is 6. The molecule has 2 aromatic rings. The van der Waals surface area contributed by atoms with E-state index in [0.717, 1.165) is 34.5 Å². The van der Waals surface area contributed by atoms with E-state index >= 15 is 0 Å². The number of carboxylic acids is 2. The Morgan fingerprint density at radius 1 is 0.878 bits per heavy atom. The molecular weight excluding hydrogens is 560 g/mol. The molecule has 14 heteroatoms. The van der Waals surface area contributed by atoms with Crippen molar-refractivity contribution < 1.29 is 50.9 Å². The minimum absolute atomic E-state index is 0.0740. The number of halogens is 6. The lowest BCUT2D eigenvalue weighted by atomic mass is 9.89. The molecule has 0 aliphatic rings. The molecule has 0 atom stereocenters. The summed E-state index contributed by atoms with van der Waals surface area (Å²) in [6.07, 6.45) is -9.32. The van der Waals surface area contributed by atoms with E-state index in [9.17, 15) is 31.1 Å². The van der Waals surface area contributed by atoms with Crippen LogP contribution in [0.1, 0.15) is 60.6 Å². The summed E-state index contributed by atoms with van der Waals surface area (Å²) in [6, 6.07) is 8.29. The number of aliphatic carboxylic acids is 2. The normalized spacial score (nSPS) is 11.3. The van der Waals surface area contributed by atoms with Gasteiger partial charge in [-0.3, -0.25) is 9.78 Å². The van der Waals surface area contributed by atoms with Gasteiger partial charge in [0.25, 0.3) is 5.91 Å². The molecule has 1 aromatic carbocycles. The van der Waals surface area contributed by atoms with E-state index in [4.69, 9.17) is 30.5 Å². The van der Waals surface area contributed by atoms with E-state index in [-0.39, 0.29) is 5.91 Å². The number of carbonyl (C=O) groups excluding carboxylic acids is 1. The van der Waals surface area contributed by atoms with E-state index < -0.39 is 24.3 Å². The number of amides is 1. The summed E-state index contributed by atoms with van der Waals surface area (Å²) in [4.78, 5) is 35.6. The van der Waals surface area contributed by atoms with Crippen LogP contribution in [0.5, 0.6) is 0 Å². The van der Waals surface area contributed by atoms with Crippen LogP contribution in [0.15, 0.2) is 24.3 Å². The third kappa shape index (κ3) is 13.0. The van der Waals surface area contributed by atoms with Crippen LogP contribution in [-0.2, 0) is 22.6 Å². The second kappa shape index (κ2) is 15.9. The van der Waals surface area contributed by atoms with Gasteiger partial charge in [0.1, 0.15) is 0 Å². The van der Waals surface area contributed by atoms with Crippen molar-refractivity contribution in [1.29, 1.82) is 0 Å². The summed E-state index contributed by atoms with van der Waals surface area (Å²) in [5, 5.41) is 17.3. The van der Waals surface area contributed by atoms with Crippen LogP contribution < -0.4 is 11.1 Å². The van der Waals surface area contributed by atoms with E-state index in [2.05, 4.69) is 64.2 Å². The first-order chi connectivity index (χ1) is 18.6. The first kappa shape index (κ1) is 37.3. The summed E-state index contributed by atoms with van der Waals surface area (Å²) in [6.45, 7) is 13.5. The van der Waals surface area contributed by atoms with Gasteiger partial charge >= 0.3 is 24.3 Å². The van der Waals surface area contributed by atoms with Crippen molar-refractivity contribution in [2.75, 3.05) is 6.54 Å². The highest BCUT2D eigenvalue weighted by molar-refractivity contribution is 6.02. The molecule has 230 valence electrons. The fraction of sp³-hybridized carbons (Fsp3) is 0.481. The minimum atomic E-state index is -5.08. The molecule has 1 amide bonds. The maximum Gasteiger partial charge on any atom is 0.490 e. The van der Waals surface area contributed by atoms with Gasteiger partial charge < -0.3 is 21.3 Å². The van der Waals surface area contributed by atoms with Crippen LogP contribution in [0.4, 0.5) is 26.3 Å². The zero-order valence-electron chi connectivity index (χ0n) is 23.5. The highest BCUT2D eigenvalue weighted by Crippen LogP contribution is 2.32. The number of pyridine rings is 1. The van der Waals surface area contributed by atoms with Crippen LogP contribution in [0.2, 0.25) is 0 Å². The number of aromatic nitrogens is 1. The third-order valence-corrected chi connectivity index (χ3v) is 5.09. The average molecular weight is 596 g/mol. The number of carbonyl (C=O) groups is 3. The molecule has 2 rings (SSSR count). The summed E-state index contributed by atoms with van der Waals surface area (Å²) < 4.78 is 63.5. The number of nitrogens with zero attached hydrogens (tertiary/aromatic N) is 1. The highest BCUT2D eigenvalue weighted by atomic mass is 19.4. The zero-order valence-corrected chi connectivity index (χ0v) is 23.5. The molecular formula is C27H35F6N3O5. The molecule has 0 fully saturated rings. The summed E-state index contributed by atoms with van der Waals surface area (Å²) in [5.41, 5.74) is 12.7. The summed E-state index contributed by atoms with van der Waals surface area (Å²) in [5.74, 6) is -4.73. The molecule has 0 radical (unpaired) electrons. The fourth-order valence-electron chi connectivity index (χ4n) is 3.28. The number of rotatable bonds is 7. The summed E-state index contributed by atoms with van der Waals surface area (Å²) >= 11 is 0. The predicted octanol–water partition coefficient (Wildman–Crippen LogP) is 5.68. The lowest BCUT2D eigenvalue weighted by molar-refractivity contribution is -0.193. The molecule has 8 nitrogen and oxygen atoms in total. The number of nitrogens with one attached hydrogen (secondary N) is 1. The Bertz CT molecular complexity index is 1150.